The van der Waals surface area contributed by atoms with E-state index in [0.29, 0.717) is 10.9 Å². The van der Waals surface area contributed by atoms with E-state index in [1.165, 1.54) is 12.1 Å². The van der Waals surface area contributed by atoms with Crippen molar-refractivity contribution >= 4 is 16.6 Å². The molecule has 2 heteroatoms. The van der Waals surface area contributed by atoms with Gasteiger partial charge < -0.3 is 0 Å². The number of ketones is 1. The number of hydrogen-bond acceptors (Lipinski definition) is 1. The maximum absolute atomic E-state index is 13.3. The Balaban J connectivity index is 2.79. The molecule has 2 aromatic carbocycles. The first-order valence-electron chi connectivity index (χ1n) is 5.74. The Morgan fingerprint density at radius 3 is 2.47 bits per heavy atom. The minimum absolute atomic E-state index is 0.0682. The summed E-state index contributed by atoms with van der Waals surface area (Å²) in [5, 5.41) is 1.62. The van der Waals surface area contributed by atoms with Gasteiger partial charge in [0.05, 0.1) is 0 Å². The molecule has 0 fully saturated rings. The monoisotopic (exact) mass is 230 g/mol. The van der Waals surface area contributed by atoms with E-state index in [4.69, 9.17) is 0 Å². The van der Waals surface area contributed by atoms with Gasteiger partial charge in [0.1, 0.15) is 5.82 Å². The predicted molar refractivity (Wildman–Crippen MR) is 67.8 cm³/mol. The minimum Gasteiger partial charge on any atom is -0.294 e. The SMILES string of the molecule is Cc1ccc2ccc(F)cc2c1C(=O)C(C)C. The minimum atomic E-state index is -0.305. The fourth-order valence-corrected chi connectivity index (χ4v) is 2.02. The average molecular weight is 230 g/mol. The van der Waals surface area contributed by atoms with E-state index >= 15 is 0 Å². The predicted octanol–water partition coefficient (Wildman–Crippen LogP) is 4.13. The smallest absolute Gasteiger partial charge is 0.166 e. The zero-order valence-electron chi connectivity index (χ0n) is 10.3. The van der Waals surface area contributed by atoms with Crippen molar-refractivity contribution in [1.29, 1.82) is 0 Å². The summed E-state index contributed by atoms with van der Waals surface area (Å²) in [6.07, 6.45) is 0. The van der Waals surface area contributed by atoms with Gasteiger partial charge in [-0.1, -0.05) is 32.0 Å². The lowest BCUT2D eigenvalue weighted by atomic mass is 9.92. The Bertz CT molecular complexity index is 579. The van der Waals surface area contributed by atoms with Crippen molar-refractivity contribution in [2.45, 2.75) is 20.8 Å². The van der Waals surface area contributed by atoms with Crippen LogP contribution in [0.15, 0.2) is 30.3 Å². The van der Waals surface area contributed by atoms with Crippen LogP contribution >= 0.6 is 0 Å². The first-order chi connectivity index (χ1) is 8.00. The molecule has 0 aromatic heterocycles. The van der Waals surface area contributed by atoms with Crippen molar-refractivity contribution in [3.05, 3.63) is 47.3 Å². The second-order valence-corrected chi connectivity index (χ2v) is 4.64. The van der Waals surface area contributed by atoms with E-state index in [2.05, 4.69) is 0 Å². The topological polar surface area (TPSA) is 17.1 Å². The van der Waals surface area contributed by atoms with Gasteiger partial charge in [-0.3, -0.25) is 4.79 Å². The molecule has 0 aliphatic heterocycles. The summed E-state index contributed by atoms with van der Waals surface area (Å²) in [7, 11) is 0. The average Bonchev–Trinajstić information content (AvgIpc) is 2.27. The molecule has 0 heterocycles. The molecule has 0 saturated carbocycles. The molecule has 88 valence electrons. The van der Waals surface area contributed by atoms with Crippen LogP contribution in [-0.4, -0.2) is 5.78 Å². The molecule has 0 aliphatic rings. The summed E-state index contributed by atoms with van der Waals surface area (Å²) in [6.45, 7) is 5.61. The maximum Gasteiger partial charge on any atom is 0.166 e. The zero-order valence-corrected chi connectivity index (χ0v) is 10.3. The molecule has 2 rings (SSSR count). The van der Waals surface area contributed by atoms with Crippen molar-refractivity contribution in [3.63, 3.8) is 0 Å². The van der Waals surface area contributed by atoms with Crippen molar-refractivity contribution in [1.82, 2.24) is 0 Å². The largest absolute Gasteiger partial charge is 0.294 e. The van der Waals surface area contributed by atoms with Crippen LogP contribution in [0.25, 0.3) is 10.8 Å². The quantitative estimate of drug-likeness (QED) is 0.709. The van der Waals surface area contributed by atoms with Gasteiger partial charge in [-0.2, -0.15) is 0 Å². The molecular formula is C15H15FO. The molecule has 0 atom stereocenters. The third kappa shape index (κ3) is 2.07. The van der Waals surface area contributed by atoms with E-state index in [0.717, 1.165) is 10.9 Å². The highest BCUT2D eigenvalue weighted by atomic mass is 19.1. The lowest BCUT2D eigenvalue weighted by molar-refractivity contribution is 0.0940. The zero-order chi connectivity index (χ0) is 12.6. The molecule has 0 saturated heterocycles. The molecule has 0 unspecified atom stereocenters. The number of halogens is 1. The van der Waals surface area contributed by atoms with Crippen LogP contribution in [0.5, 0.6) is 0 Å². The van der Waals surface area contributed by atoms with Gasteiger partial charge in [0.25, 0.3) is 0 Å². The van der Waals surface area contributed by atoms with E-state index in [1.807, 2.05) is 32.9 Å². The molecular weight excluding hydrogens is 215 g/mol. The van der Waals surface area contributed by atoms with Gasteiger partial charge in [0.15, 0.2) is 5.78 Å². The number of carbonyl (C=O) groups is 1. The number of hydrogen-bond donors (Lipinski definition) is 0. The highest BCUT2D eigenvalue weighted by Crippen LogP contribution is 2.25. The van der Waals surface area contributed by atoms with Crippen LogP contribution in [0.4, 0.5) is 4.39 Å². The molecule has 1 nitrogen and oxygen atoms in total. The van der Waals surface area contributed by atoms with Crippen LogP contribution in [0.3, 0.4) is 0 Å². The third-order valence-corrected chi connectivity index (χ3v) is 2.96. The molecule has 17 heavy (non-hydrogen) atoms. The van der Waals surface area contributed by atoms with Crippen LogP contribution in [-0.2, 0) is 0 Å². The van der Waals surface area contributed by atoms with Crippen LogP contribution in [0.2, 0.25) is 0 Å². The summed E-state index contributed by atoms with van der Waals surface area (Å²) in [5.41, 5.74) is 1.55. The summed E-state index contributed by atoms with van der Waals surface area (Å²) >= 11 is 0. The lowest BCUT2D eigenvalue weighted by Gasteiger charge is -2.11. The number of fused-ring (bicyclic) bond motifs is 1. The molecule has 2 aromatic rings. The Labute approximate surface area is 100 Å². The van der Waals surface area contributed by atoms with Crippen LogP contribution < -0.4 is 0 Å². The molecule has 0 amide bonds. The molecule has 0 aliphatic carbocycles. The van der Waals surface area contributed by atoms with Crippen molar-refractivity contribution in [3.8, 4) is 0 Å². The van der Waals surface area contributed by atoms with Crippen molar-refractivity contribution < 1.29 is 9.18 Å². The number of aryl methyl sites for hydroxylation is 1. The number of carbonyl (C=O) groups excluding carboxylic acids is 1. The number of rotatable bonds is 2. The van der Waals surface area contributed by atoms with Gasteiger partial charge >= 0.3 is 0 Å². The Morgan fingerprint density at radius 1 is 1.18 bits per heavy atom. The summed E-state index contributed by atoms with van der Waals surface area (Å²) in [6, 6.07) is 8.40. The van der Waals surface area contributed by atoms with Crippen LogP contribution in [0, 0.1) is 18.7 Å². The van der Waals surface area contributed by atoms with Crippen LogP contribution in [0.1, 0.15) is 29.8 Å². The Hall–Kier alpha value is -1.70. The van der Waals surface area contributed by atoms with Crippen molar-refractivity contribution in [2.75, 3.05) is 0 Å². The van der Waals surface area contributed by atoms with E-state index < -0.39 is 0 Å². The third-order valence-electron chi connectivity index (χ3n) is 2.96. The summed E-state index contributed by atoms with van der Waals surface area (Å²) in [4.78, 5) is 12.2. The highest BCUT2D eigenvalue weighted by molar-refractivity contribution is 6.10. The molecule has 0 spiro atoms. The normalized spacial score (nSPS) is 11.1. The molecule has 0 bridgehead atoms. The fourth-order valence-electron chi connectivity index (χ4n) is 2.02. The lowest BCUT2D eigenvalue weighted by Crippen LogP contribution is -2.10. The second-order valence-electron chi connectivity index (χ2n) is 4.64. The molecule has 0 N–H and O–H groups in total. The fraction of sp³-hybridized carbons (Fsp3) is 0.267. The molecule has 0 radical (unpaired) electrons. The van der Waals surface area contributed by atoms with Gasteiger partial charge in [0.2, 0.25) is 0 Å². The van der Waals surface area contributed by atoms with Gasteiger partial charge in [-0.15, -0.1) is 0 Å². The van der Waals surface area contributed by atoms with E-state index in [-0.39, 0.29) is 17.5 Å². The highest BCUT2D eigenvalue weighted by Gasteiger charge is 2.16. The van der Waals surface area contributed by atoms with Gasteiger partial charge in [0, 0.05) is 11.5 Å². The summed E-state index contributed by atoms with van der Waals surface area (Å²) in [5.74, 6) is -0.317. The standard InChI is InChI=1S/C15H15FO/c1-9(2)15(17)14-10(3)4-5-11-6-7-12(16)8-13(11)14/h4-9H,1-3H3. The first kappa shape index (κ1) is 11.8. The van der Waals surface area contributed by atoms with E-state index in [1.54, 1.807) is 6.07 Å². The second kappa shape index (κ2) is 4.28. The van der Waals surface area contributed by atoms with Gasteiger partial charge in [-0.05, 0) is 35.4 Å². The van der Waals surface area contributed by atoms with E-state index in [9.17, 15) is 9.18 Å². The first-order valence-corrected chi connectivity index (χ1v) is 5.74. The summed E-state index contributed by atoms with van der Waals surface area (Å²) < 4.78 is 13.3. The Morgan fingerprint density at radius 2 is 1.82 bits per heavy atom. The number of Topliss-reactive ketones (excluding diaryl/α,β-unsaturated/α-hetero) is 1. The van der Waals surface area contributed by atoms with Crippen molar-refractivity contribution in [2.24, 2.45) is 5.92 Å². The van der Waals surface area contributed by atoms with Gasteiger partial charge in [-0.25, -0.2) is 4.39 Å². The Kier molecular flexibility index (Phi) is 2.97. The number of benzene rings is 2. The maximum atomic E-state index is 13.3.